The molecule has 1 aliphatic rings. The predicted octanol–water partition coefficient (Wildman–Crippen LogP) is 2.46. The lowest BCUT2D eigenvalue weighted by molar-refractivity contribution is 0.0319. The van der Waals surface area contributed by atoms with Crippen molar-refractivity contribution in [3.8, 4) is 5.75 Å². The van der Waals surface area contributed by atoms with E-state index in [9.17, 15) is 9.90 Å². The molecule has 0 saturated heterocycles. The molecule has 4 heteroatoms. The fourth-order valence-electron chi connectivity index (χ4n) is 2.27. The average Bonchev–Trinajstić information content (AvgIpc) is 2.55. The van der Waals surface area contributed by atoms with E-state index >= 15 is 0 Å². The maximum atomic E-state index is 10.9. The Balaban J connectivity index is 2.07. The highest BCUT2D eigenvalue weighted by atomic mass is 16.5. The van der Waals surface area contributed by atoms with Crippen molar-refractivity contribution in [1.82, 2.24) is 0 Å². The lowest BCUT2D eigenvalue weighted by atomic mass is 10.1. The number of carboxylic acid groups (broad SMARTS) is 1. The molecule has 0 heterocycles. The van der Waals surface area contributed by atoms with Gasteiger partial charge in [-0.1, -0.05) is 18.9 Å². The van der Waals surface area contributed by atoms with Crippen molar-refractivity contribution < 1.29 is 19.7 Å². The predicted molar refractivity (Wildman–Crippen MR) is 66.9 cm³/mol. The van der Waals surface area contributed by atoms with Gasteiger partial charge in [0.2, 0.25) is 0 Å². The monoisotopic (exact) mass is 250 g/mol. The largest absolute Gasteiger partial charge is 0.488 e. The Hall–Kier alpha value is -1.55. The number of benzene rings is 1. The van der Waals surface area contributed by atoms with Gasteiger partial charge in [0.25, 0.3) is 0 Å². The van der Waals surface area contributed by atoms with E-state index in [1.807, 2.05) is 0 Å². The SMILES string of the molecule is O=C(O)c1cccc(OC2CCCCCC2O)c1. The van der Waals surface area contributed by atoms with Gasteiger partial charge in [-0.2, -0.15) is 0 Å². The molecular weight excluding hydrogens is 232 g/mol. The standard InChI is InChI=1S/C14H18O4/c15-12-7-2-1-3-8-13(12)18-11-6-4-5-10(9-11)14(16)17/h4-6,9,12-13,15H,1-3,7-8H2,(H,16,17). The molecule has 2 N–H and O–H groups in total. The summed E-state index contributed by atoms with van der Waals surface area (Å²) in [7, 11) is 0. The van der Waals surface area contributed by atoms with Crippen LogP contribution in [0.15, 0.2) is 24.3 Å². The lowest BCUT2D eigenvalue weighted by Gasteiger charge is -2.22. The number of aliphatic hydroxyl groups excluding tert-OH is 1. The van der Waals surface area contributed by atoms with Crippen LogP contribution in [0.5, 0.6) is 5.75 Å². The van der Waals surface area contributed by atoms with E-state index in [1.165, 1.54) is 12.1 Å². The molecule has 1 aromatic carbocycles. The van der Waals surface area contributed by atoms with Crippen LogP contribution in [0.3, 0.4) is 0 Å². The molecule has 0 bridgehead atoms. The van der Waals surface area contributed by atoms with Crippen molar-refractivity contribution in [2.45, 2.75) is 44.3 Å². The van der Waals surface area contributed by atoms with Gasteiger partial charge in [-0.05, 0) is 37.5 Å². The third-order valence-corrected chi connectivity index (χ3v) is 3.29. The van der Waals surface area contributed by atoms with Crippen LogP contribution in [-0.4, -0.2) is 28.4 Å². The minimum atomic E-state index is -0.970. The molecule has 0 spiro atoms. The van der Waals surface area contributed by atoms with E-state index in [4.69, 9.17) is 9.84 Å². The molecule has 1 aliphatic carbocycles. The lowest BCUT2D eigenvalue weighted by Crippen LogP contribution is -2.30. The van der Waals surface area contributed by atoms with Crippen LogP contribution in [0, 0.1) is 0 Å². The number of carboxylic acids is 1. The van der Waals surface area contributed by atoms with Gasteiger partial charge in [0, 0.05) is 0 Å². The number of aliphatic hydroxyl groups is 1. The third kappa shape index (κ3) is 3.23. The summed E-state index contributed by atoms with van der Waals surface area (Å²) in [4.78, 5) is 10.9. The summed E-state index contributed by atoms with van der Waals surface area (Å²) in [6, 6.07) is 6.41. The third-order valence-electron chi connectivity index (χ3n) is 3.29. The van der Waals surface area contributed by atoms with Gasteiger partial charge in [0.15, 0.2) is 0 Å². The molecule has 2 rings (SSSR count). The number of rotatable bonds is 3. The maximum absolute atomic E-state index is 10.9. The second-order valence-electron chi connectivity index (χ2n) is 4.69. The topological polar surface area (TPSA) is 66.8 Å². The molecule has 1 fully saturated rings. The number of hydrogen-bond donors (Lipinski definition) is 2. The Morgan fingerprint density at radius 1 is 1.22 bits per heavy atom. The fraction of sp³-hybridized carbons (Fsp3) is 0.500. The second-order valence-corrected chi connectivity index (χ2v) is 4.69. The highest BCUT2D eigenvalue weighted by molar-refractivity contribution is 5.87. The summed E-state index contributed by atoms with van der Waals surface area (Å²) in [5.74, 6) is -0.456. The van der Waals surface area contributed by atoms with E-state index in [0.29, 0.717) is 5.75 Å². The van der Waals surface area contributed by atoms with E-state index in [2.05, 4.69) is 0 Å². The first kappa shape index (κ1) is 12.9. The zero-order valence-electron chi connectivity index (χ0n) is 10.2. The van der Waals surface area contributed by atoms with Crippen molar-refractivity contribution in [2.75, 3.05) is 0 Å². The van der Waals surface area contributed by atoms with Crippen LogP contribution in [0.1, 0.15) is 42.5 Å². The van der Waals surface area contributed by atoms with Crippen molar-refractivity contribution in [3.05, 3.63) is 29.8 Å². The summed E-state index contributed by atoms with van der Waals surface area (Å²) in [6.07, 6.45) is 4.07. The Morgan fingerprint density at radius 3 is 2.78 bits per heavy atom. The average molecular weight is 250 g/mol. The van der Waals surface area contributed by atoms with E-state index in [0.717, 1.165) is 32.1 Å². The maximum Gasteiger partial charge on any atom is 0.335 e. The highest BCUT2D eigenvalue weighted by Gasteiger charge is 2.23. The van der Waals surface area contributed by atoms with E-state index in [1.54, 1.807) is 12.1 Å². The van der Waals surface area contributed by atoms with E-state index < -0.39 is 12.1 Å². The molecule has 1 aromatic rings. The molecule has 2 atom stereocenters. The smallest absolute Gasteiger partial charge is 0.335 e. The molecule has 0 aliphatic heterocycles. The quantitative estimate of drug-likeness (QED) is 0.809. The first-order chi connectivity index (χ1) is 8.66. The minimum absolute atomic E-state index is 0.204. The molecule has 1 saturated carbocycles. The van der Waals surface area contributed by atoms with Gasteiger partial charge >= 0.3 is 5.97 Å². The van der Waals surface area contributed by atoms with Crippen molar-refractivity contribution in [1.29, 1.82) is 0 Å². The molecular formula is C14H18O4. The number of ether oxygens (including phenoxy) is 1. The van der Waals surface area contributed by atoms with Gasteiger partial charge < -0.3 is 14.9 Å². The Labute approximate surface area is 106 Å². The van der Waals surface area contributed by atoms with E-state index in [-0.39, 0.29) is 11.7 Å². The fourth-order valence-corrected chi connectivity index (χ4v) is 2.27. The normalized spacial score (nSPS) is 24.3. The van der Waals surface area contributed by atoms with Gasteiger partial charge in [-0.15, -0.1) is 0 Å². The molecule has 0 amide bonds. The summed E-state index contributed by atoms with van der Waals surface area (Å²) in [5.41, 5.74) is 0.204. The Morgan fingerprint density at radius 2 is 2.00 bits per heavy atom. The summed E-state index contributed by atoms with van der Waals surface area (Å²) >= 11 is 0. The van der Waals surface area contributed by atoms with Crippen molar-refractivity contribution in [3.63, 3.8) is 0 Å². The molecule has 4 nitrogen and oxygen atoms in total. The zero-order valence-corrected chi connectivity index (χ0v) is 10.2. The van der Waals surface area contributed by atoms with Crippen LogP contribution in [-0.2, 0) is 0 Å². The van der Waals surface area contributed by atoms with Gasteiger partial charge in [0.1, 0.15) is 11.9 Å². The molecule has 0 radical (unpaired) electrons. The van der Waals surface area contributed by atoms with Gasteiger partial charge in [-0.25, -0.2) is 4.79 Å². The van der Waals surface area contributed by atoms with Crippen LogP contribution < -0.4 is 4.74 Å². The Bertz CT molecular complexity index is 416. The number of carbonyl (C=O) groups is 1. The molecule has 2 unspecified atom stereocenters. The van der Waals surface area contributed by atoms with Crippen LogP contribution in [0.2, 0.25) is 0 Å². The Kier molecular flexibility index (Phi) is 4.20. The van der Waals surface area contributed by atoms with Crippen LogP contribution in [0.4, 0.5) is 0 Å². The summed E-state index contributed by atoms with van der Waals surface area (Å²) < 4.78 is 5.73. The van der Waals surface area contributed by atoms with Crippen molar-refractivity contribution in [2.24, 2.45) is 0 Å². The molecule has 18 heavy (non-hydrogen) atoms. The molecule has 98 valence electrons. The van der Waals surface area contributed by atoms with Crippen LogP contribution in [0.25, 0.3) is 0 Å². The second kappa shape index (κ2) is 5.87. The first-order valence-electron chi connectivity index (χ1n) is 6.35. The highest BCUT2D eigenvalue weighted by Crippen LogP contribution is 2.23. The number of aromatic carboxylic acids is 1. The summed E-state index contributed by atoms with van der Waals surface area (Å²) in [5, 5.41) is 18.9. The first-order valence-corrected chi connectivity index (χ1v) is 6.35. The van der Waals surface area contributed by atoms with Crippen molar-refractivity contribution >= 4 is 5.97 Å². The minimum Gasteiger partial charge on any atom is -0.488 e. The zero-order chi connectivity index (χ0) is 13.0. The van der Waals surface area contributed by atoms with Crippen LogP contribution >= 0.6 is 0 Å². The molecule has 0 aromatic heterocycles. The van der Waals surface area contributed by atoms with Gasteiger partial charge in [0.05, 0.1) is 11.7 Å². The van der Waals surface area contributed by atoms with Gasteiger partial charge in [-0.3, -0.25) is 0 Å². The number of hydrogen-bond acceptors (Lipinski definition) is 3. The summed E-state index contributed by atoms with van der Waals surface area (Å²) in [6.45, 7) is 0.